The molecular formula is C12H26N2. The molecule has 0 atom stereocenters. The largest absolute Gasteiger partial charge is 0.330 e. The Balaban J connectivity index is 2.44. The highest BCUT2D eigenvalue weighted by molar-refractivity contribution is 4.81. The fourth-order valence-corrected chi connectivity index (χ4v) is 2.50. The summed E-state index contributed by atoms with van der Waals surface area (Å²) in [6, 6.07) is 0. The van der Waals surface area contributed by atoms with Crippen LogP contribution in [-0.2, 0) is 0 Å². The standard InChI is InChI=1S/C12H26N2/c13-10-12(11-14)8-6-4-2-1-3-5-7-9-12/h1-11,13-14H2. The van der Waals surface area contributed by atoms with Crippen molar-refractivity contribution in [3.63, 3.8) is 0 Å². The molecule has 0 amide bonds. The lowest BCUT2D eigenvalue weighted by atomic mass is 9.77. The zero-order valence-corrected chi connectivity index (χ0v) is 9.43. The van der Waals surface area contributed by atoms with Gasteiger partial charge in [0.05, 0.1) is 0 Å². The molecule has 0 heterocycles. The Morgan fingerprint density at radius 2 is 1.00 bits per heavy atom. The average molecular weight is 198 g/mol. The summed E-state index contributed by atoms with van der Waals surface area (Å²) < 4.78 is 0. The lowest BCUT2D eigenvalue weighted by Crippen LogP contribution is -2.38. The van der Waals surface area contributed by atoms with Gasteiger partial charge in [0.2, 0.25) is 0 Å². The topological polar surface area (TPSA) is 52.0 Å². The fourth-order valence-electron chi connectivity index (χ4n) is 2.50. The Hall–Kier alpha value is -0.0800. The van der Waals surface area contributed by atoms with Crippen LogP contribution in [0.2, 0.25) is 0 Å². The SMILES string of the molecule is NCC1(CN)CCCCCCCCC1. The average Bonchev–Trinajstić information content (AvgIpc) is 2.26. The van der Waals surface area contributed by atoms with Gasteiger partial charge in [0.1, 0.15) is 0 Å². The Bertz CT molecular complexity index is 129. The number of nitrogens with two attached hydrogens (primary N) is 2. The molecule has 0 aromatic heterocycles. The molecule has 2 nitrogen and oxygen atoms in total. The van der Waals surface area contributed by atoms with Gasteiger partial charge in [-0.15, -0.1) is 0 Å². The van der Waals surface area contributed by atoms with Crippen LogP contribution in [0.5, 0.6) is 0 Å². The van der Waals surface area contributed by atoms with Crippen LogP contribution in [0, 0.1) is 5.41 Å². The van der Waals surface area contributed by atoms with Crippen molar-refractivity contribution in [3.05, 3.63) is 0 Å². The lowest BCUT2D eigenvalue weighted by Gasteiger charge is -2.32. The van der Waals surface area contributed by atoms with Crippen molar-refractivity contribution >= 4 is 0 Å². The highest BCUT2D eigenvalue weighted by atomic mass is 14.7. The van der Waals surface area contributed by atoms with Crippen molar-refractivity contribution in [2.75, 3.05) is 13.1 Å². The van der Waals surface area contributed by atoms with E-state index in [0.29, 0.717) is 0 Å². The van der Waals surface area contributed by atoms with Crippen LogP contribution in [0.4, 0.5) is 0 Å². The molecule has 14 heavy (non-hydrogen) atoms. The molecule has 0 aromatic rings. The first-order chi connectivity index (χ1) is 6.83. The molecule has 0 aromatic carbocycles. The summed E-state index contributed by atoms with van der Waals surface area (Å²) in [7, 11) is 0. The molecule has 0 bridgehead atoms. The summed E-state index contributed by atoms with van der Waals surface area (Å²) >= 11 is 0. The minimum absolute atomic E-state index is 0.275. The second kappa shape index (κ2) is 6.41. The third kappa shape index (κ3) is 3.58. The lowest BCUT2D eigenvalue weighted by molar-refractivity contribution is 0.236. The summed E-state index contributed by atoms with van der Waals surface area (Å²) in [5, 5.41) is 0. The second-order valence-corrected chi connectivity index (χ2v) is 4.88. The van der Waals surface area contributed by atoms with Crippen LogP contribution in [-0.4, -0.2) is 13.1 Å². The van der Waals surface area contributed by atoms with Crippen molar-refractivity contribution in [1.82, 2.24) is 0 Å². The van der Waals surface area contributed by atoms with Crippen molar-refractivity contribution in [1.29, 1.82) is 0 Å². The summed E-state index contributed by atoms with van der Waals surface area (Å²) in [6.07, 6.45) is 12.2. The Morgan fingerprint density at radius 3 is 1.36 bits per heavy atom. The van der Waals surface area contributed by atoms with Gasteiger partial charge in [-0.1, -0.05) is 44.9 Å². The summed E-state index contributed by atoms with van der Waals surface area (Å²) in [5.74, 6) is 0. The van der Waals surface area contributed by atoms with Crippen molar-refractivity contribution in [2.24, 2.45) is 16.9 Å². The monoisotopic (exact) mass is 198 g/mol. The van der Waals surface area contributed by atoms with Gasteiger partial charge < -0.3 is 11.5 Å². The molecule has 1 aliphatic carbocycles. The molecule has 0 aliphatic heterocycles. The normalized spacial score (nSPS) is 24.4. The summed E-state index contributed by atoms with van der Waals surface area (Å²) in [6.45, 7) is 1.56. The molecule has 1 fully saturated rings. The van der Waals surface area contributed by atoms with Crippen LogP contribution in [0.3, 0.4) is 0 Å². The maximum absolute atomic E-state index is 5.88. The predicted molar refractivity (Wildman–Crippen MR) is 62.1 cm³/mol. The first-order valence-corrected chi connectivity index (χ1v) is 6.23. The van der Waals surface area contributed by atoms with E-state index in [1.54, 1.807) is 0 Å². The van der Waals surface area contributed by atoms with Crippen molar-refractivity contribution in [3.8, 4) is 0 Å². The third-order valence-electron chi connectivity index (χ3n) is 3.78. The van der Waals surface area contributed by atoms with E-state index in [0.717, 1.165) is 13.1 Å². The minimum Gasteiger partial charge on any atom is -0.330 e. The fraction of sp³-hybridized carbons (Fsp3) is 1.00. The smallest absolute Gasteiger partial charge is 0.000844 e. The zero-order chi connectivity index (χ0) is 10.3. The van der Waals surface area contributed by atoms with Crippen LogP contribution in [0.15, 0.2) is 0 Å². The molecular weight excluding hydrogens is 172 g/mol. The molecule has 0 radical (unpaired) electrons. The van der Waals surface area contributed by atoms with Crippen LogP contribution in [0.1, 0.15) is 57.8 Å². The van der Waals surface area contributed by atoms with E-state index in [2.05, 4.69) is 0 Å². The van der Waals surface area contributed by atoms with E-state index in [4.69, 9.17) is 11.5 Å². The minimum atomic E-state index is 0.275. The molecule has 1 aliphatic rings. The molecule has 84 valence electrons. The third-order valence-corrected chi connectivity index (χ3v) is 3.78. The van der Waals surface area contributed by atoms with Crippen molar-refractivity contribution in [2.45, 2.75) is 57.8 Å². The molecule has 0 spiro atoms. The molecule has 4 N–H and O–H groups in total. The van der Waals surface area contributed by atoms with Gasteiger partial charge in [-0.05, 0) is 31.3 Å². The van der Waals surface area contributed by atoms with Gasteiger partial charge in [-0.2, -0.15) is 0 Å². The molecule has 1 rings (SSSR count). The molecule has 0 saturated heterocycles. The predicted octanol–water partition coefficient (Wildman–Crippen LogP) is 2.41. The number of rotatable bonds is 2. The first kappa shape index (κ1) is 12.0. The van der Waals surface area contributed by atoms with Crippen molar-refractivity contribution < 1.29 is 0 Å². The molecule has 0 unspecified atom stereocenters. The quantitative estimate of drug-likeness (QED) is 0.716. The van der Waals surface area contributed by atoms with Gasteiger partial charge in [0, 0.05) is 0 Å². The van der Waals surface area contributed by atoms with Crippen LogP contribution in [0.25, 0.3) is 0 Å². The van der Waals surface area contributed by atoms with E-state index in [-0.39, 0.29) is 5.41 Å². The Kier molecular flexibility index (Phi) is 5.49. The van der Waals surface area contributed by atoms with Crippen LogP contribution < -0.4 is 11.5 Å². The molecule has 2 heteroatoms. The van der Waals surface area contributed by atoms with Crippen LogP contribution >= 0.6 is 0 Å². The van der Waals surface area contributed by atoms with Gasteiger partial charge >= 0.3 is 0 Å². The van der Waals surface area contributed by atoms with E-state index in [9.17, 15) is 0 Å². The number of hydrogen-bond donors (Lipinski definition) is 2. The second-order valence-electron chi connectivity index (χ2n) is 4.88. The number of hydrogen-bond acceptors (Lipinski definition) is 2. The Morgan fingerprint density at radius 1 is 0.643 bits per heavy atom. The summed E-state index contributed by atoms with van der Waals surface area (Å²) in [5.41, 5.74) is 12.0. The molecule has 1 saturated carbocycles. The first-order valence-electron chi connectivity index (χ1n) is 6.23. The summed E-state index contributed by atoms with van der Waals surface area (Å²) in [4.78, 5) is 0. The zero-order valence-electron chi connectivity index (χ0n) is 9.43. The highest BCUT2D eigenvalue weighted by Crippen LogP contribution is 2.31. The van der Waals surface area contributed by atoms with E-state index < -0.39 is 0 Å². The Labute approximate surface area is 88.4 Å². The highest BCUT2D eigenvalue weighted by Gasteiger charge is 2.25. The maximum atomic E-state index is 5.88. The maximum Gasteiger partial charge on any atom is -0.000844 e. The van der Waals surface area contributed by atoms with E-state index in [1.807, 2.05) is 0 Å². The van der Waals surface area contributed by atoms with Gasteiger partial charge in [0.15, 0.2) is 0 Å². The van der Waals surface area contributed by atoms with Gasteiger partial charge in [-0.25, -0.2) is 0 Å². The van der Waals surface area contributed by atoms with Gasteiger partial charge in [0.25, 0.3) is 0 Å². The van der Waals surface area contributed by atoms with E-state index >= 15 is 0 Å². The van der Waals surface area contributed by atoms with E-state index in [1.165, 1.54) is 57.8 Å². The van der Waals surface area contributed by atoms with Gasteiger partial charge in [-0.3, -0.25) is 0 Å².